The van der Waals surface area contributed by atoms with Crippen LogP contribution in [0.5, 0.6) is 11.6 Å². The van der Waals surface area contributed by atoms with Gasteiger partial charge in [0, 0.05) is 11.4 Å². The molecule has 1 aromatic carbocycles. The monoisotopic (exact) mass is 524 g/mol. The predicted octanol–water partition coefficient (Wildman–Crippen LogP) is 2.42. The molecule has 0 radical (unpaired) electrons. The summed E-state index contributed by atoms with van der Waals surface area (Å²) in [5.74, 6) is -0.653. The molecule has 5 rings (SSSR count). The first kappa shape index (κ1) is 25.2. The van der Waals surface area contributed by atoms with Crippen LogP contribution < -0.4 is 26.4 Å². The number of rotatable bonds is 8. The van der Waals surface area contributed by atoms with Crippen LogP contribution in [0.3, 0.4) is 0 Å². The van der Waals surface area contributed by atoms with Crippen LogP contribution in [0.4, 0.5) is 19.0 Å². The second-order valence-electron chi connectivity index (χ2n) is 8.59. The maximum Gasteiger partial charge on any atom is 0.345 e. The van der Waals surface area contributed by atoms with E-state index in [1.54, 1.807) is 44.3 Å². The number of fused-ring (bicyclic) bond motifs is 1. The molecule has 2 atom stereocenters. The molecule has 38 heavy (non-hydrogen) atoms. The van der Waals surface area contributed by atoms with Crippen molar-refractivity contribution in [2.45, 2.75) is 25.7 Å². The van der Waals surface area contributed by atoms with Crippen LogP contribution in [0.1, 0.15) is 21.6 Å². The van der Waals surface area contributed by atoms with Gasteiger partial charge in [0.2, 0.25) is 11.7 Å². The van der Waals surface area contributed by atoms with Gasteiger partial charge >= 0.3 is 6.61 Å². The number of carbonyl (C=O) groups is 1. The molecule has 0 saturated heterocycles. The largest absolute Gasteiger partial charge is 0.436 e. The van der Waals surface area contributed by atoms with Crippen molar-refractivity contribution in [3.8, 4) is 17.3 Å². The molecular formula is C26H23F3N6O3. The highest BCUT2D eigenvalue weighted by Crippen LogP contribution is 2.27. The SMILES string of the molecule is CNC1C=c2[nH]c(C(=O)c3cnn(-c4cnc(Oc5ccccc5F)cc4C)c3N)cc2=CC1OC(F)F. The molecule has 0 amide bonds. The predicted molar refractivity (Wildman–Crippen MR) is 133 cm³/mol. The normalized spacial score (nSPS) is 16.6. The van der Waals surface area contributed by atoms with Crippen LogP contribution in [0, 0.1) is 12.7 Å². The quantitative estimate of drug-likeness (QED) is 0.303. The molecule has 0 saturated carbocycles. The number of nitrogens with zero attached hydrogens (tertiary/aromatic N) is 3. The Balaban J connectivity index is 1.42. The van der Waals surface area contributed by atoms with Gasteiger partial charge in [-0.05, 0) is 55.1 Å². The van der Waals surface area contributed by atoms with Crippen molar-refractivity contribution in [3.05, 3.63) is 82.0 Å². The van der Waals surface area contributed by atoms with Crippen molar-refractivity contribution >= 4 is 23.8 Å². The number of nitrogens with two attached hydrogens (primary N) is 1. The number of likely N-dealkylation sites (N-methyl/N-ethyl adjacent to an activating group) is 1. The number of nitrogen functional groups attached to an aromatic ring is 1. The third-order valence-corrected chi connectivity index (χ3v) is 6.15. The topological polar surface area (TPSA) is 120 Å². The number of ketones is 1. The number of anilines is 1. The van der Waals surface area contributed by atoms with E-state index in [1.807, 2.05) is 0 Å². The molecule has 1 aliphatic rings. The standard InChI is InChI=1S/C26H23F3N6O3/c1-13-7-23(37-21-6-4-3-5-16(21)27)32-12-20(13)35-25(30)15(11-33-35)24(36)19-8-14-9-22(38-26(28)29)18(31-2)10-17(14)34-19/h3-12,18,22,26,31,34H,30H2,1-2H3. The van der Waals surface area contributed by atoms with Crippen LogP contribution in [0.15, 0.2) is 48.8 Å². The van der Waals surface area contributed by atoms with Gasteiger partial charge in [-0.1, -0.05) is 12.1 Å². The molecule has 0 bridgehead atoms. The van der Waals surface area contributed by atoms with Crippen molar-refractivity contribution in [2.75, 3.05) is 12.8 Å². The number of nitrogens with one attached hydrogen (secondary N) is 2. The number of alkyl halides is 2. The number of benzene rings is 1. The summed E-state index contributed by atoms with van der Waals surface area (Å²) in [7, 11) is 1.63. The zero-order chi connectivity index (χ0) is 27.0. The summed E-state index contributed by atoms with van der Waals surface area (Å²) in [4.78, 5) is 20.5. The molecule has 196 valence electrons. The lowest BCUT2D eigenvalue weighted by Crippen LogP contribution is -2.45. The summed E-state index contributed by atoms with van der Waals surface area (Å²) in [6.07, 6.45) is 5.11. The molecule has 3 aromatic heterocycles. The van der Waals surface area contributed by atoms with Gasteiger partial charge in [0.05, 0.1) is 35.4 Å². The number of aryl methyl sites for hydroxylation is 1. The molecule has 9 nitrogen and oxygen atoms in total. The molecule has 0 fully saturated rings. The second kappa shape index (κ2) is 10.1. The van der Waals surface area contributed by atoms with E-state index in [2.05, 4.69) is 25.1 Å². The number of hydrogen-bond acceptors (Lipinski definition) is 7. The Labute approximate surface area is 214 Å². The van der Waals surface area contributed by atoms with E-state index in [4.69, 9.17) is 10.5 Å². The van der Waals surface area contributed by atoms with E-state index >= 15 is 0 Å². The Morgan fingerprint density at radius 2 is 2.00 bits per heavy atom. The molecule has 0 aliphatic heterocycles. The number of ether oxygens (including phenoxy) is 2. The van der Waals surface area contributed by atoms with Crippen LogP contribution in [0.25, 0.3) is 17.8 Å². The van der Waals surface area contributed by atoms with E-state index in [0.717, 1.165) is 0 Å². The lowest BCUT2D eigenvalue weighted by molar-refractivity contribution is -0.148. The third-order valence-electron chi connectivity index (χ3n) is 6.15. The summed E-state index contributed by atoms with van der Waals surface area (Å²) in [6.45, 7) is -1.17. The van der Waals surface area contributed by atoms with Crippen molar-refractivity contribution in [1.29, 1.82) is 0 Å². The minimum atomic E-state index is -2.94. The van der Waals surface area contributed by atoms with Crippen molar-refractivity contribution in [1.82, 2.24) is 25.1 Å². The number of para-hydroxylation sites is 1. The minimum Gasteiger partial charge on any atom is -0.436 e. The van der Waals surface area contributed by atoms with Gasteiger partial charge in [-0.25, -0.2) is 14.1 Å². The summed E-state index contributed by atoms with van der Waals surface area (Å²) >= 11 is 0. The van der Waals surface area contributed by atoms with E-state index in [-0.39, 0.29) is 28.7 Å². The van der Waals surface area contributed by atoms with Gasteiger partial charge in [-0.3, -0.25) is 4.79 Å². The van der Waals surface area contributed by atoms with Crippen molar-refractivity contribution in [3.63, 3.8) is 0 Å². The fraction of sp³-hybridized carbons (Fsp3) is 0.192. The third kappa shape index (κ3) is 4.78. The highest BCUT2D eigenvalue weighted by atomic mass is 19.3. The van der Waals surface area contributed by atoms with Gasteiger partial charge in [-0.15, -0.1) is 0 Å². The van der Waals surface area contributed by atoms with Gasteiger partial charge in [0.25, 0.3) is 0 Å². The Bertz CT molecular complexity index is 1630. The number of pyridine rings is 1. The molecule has 12 heteroatoms. The fourth-order valence-corrected chi connectivity index (χ4v) is 4.24. The van der Waals surface area contributed by atoms with Gasteiger partial charge in [0.1, 0.15) is 11.9 Å². The van der Waals surface area contributed by atoms with Crippen LogP contribution >= 0.6 is 0 Å². The van der Waals surface area contributed by atoms with Gasteiger partial charge in [-0.2, -0.15) is 13.9 Å². The molecular weight excluding hydrogens is 501 g/mol. The lowest BCUT2D eigenvalue weighted by Gasteiger charge is -2.23. The first-order valence-electron chi connectivity index (χ1n) is 11.6. The van der Waals surface area contributed by atoms with Crippen LogP contribution in [-0.2, 0) is 4.74 Å². The maximum absolute atomic E-state index is 13.9. The number of halogens is 3. The number of aromatic amines is 1. The average Bonchev–Trinajstić information content (AvgIpc) is 3.47. The van der Waals surface area contributed by atoms with Gasteiger partial charge < -0.3 is 25.5 Å². The van der Waals surface area contributed by atoms with E-state index in [0.29, 0.717) is 21.8 Å². The Morgan fingerprint density at radius 3 is 2.71 bits per heavy atom. The van der Waals surface area contributed by atoms with Crippen LogP contribution in [-0.4, -0.2) is 51.3 Å². The maximum atomic E-state index is 13.9. The fourth-order valence-electron chi connectivity index (χ4n) is 4.24. The van der Waals surface area contributed by atoms with E-state index in [1.165, 1.54) is 35.3 Å². The minimum absolute atomic E-state index is 0.0369. The molecule has 2 unspecified atom stereocenters. The highest BCUT2D eigenvalue weighted by molar-refractivity contribution is 6.10. The Hall–Kier alpha value is -4.42. The molecule has 3 heterocycles. The molecule has 1 aliphatic carbocycles. The Kier molecular flexibility index (Phi) is 6.74. The molecule has 4 aromatic rings. The van der Waals surface area contributed by atoms with Gasteiger partial charge in [0.15, 0.2) is 11.6 Å². The number of hydrogen-bond donors (Lipinski definition) is 3. The first-order chi connectivity index (χ1) is 18.2. The Morgan fingerprint density at radius 1 is 1.21 bits per heavy atom. The summed E-state index contributed by atoms with van der Waals surface area (Å²) < 4.78 is 51.1. The smallest absolute Gasteiger partial charge is 0.345 e. The van der Waals surface area contributed by atoms with Crippen molar-refractivity contribution in [2.24, 2.45) is 0 Å². The molecule has 0 spiro atoms. The second-order valence-corrected chi connectivity index (χ2v) is 8.59. The lowest BCUT2D eigenvalue weighted by atomic mass is 10.0. The average molecular weight is 525 g/mol. The zero-order valence-corrected chi connectivity index (χ0v) is 20.3. The van der Waals surface area contributed by atoms with E-state index in [9.17, 15) is 18.0 Å². The number of carbonyl (C=O) groups excluding carboxylic acids is 1. The number of H-pyrrole nitrogens is 1. The summed E-state index contributed by atoms with van der Waals surface area (Å²) in [5.41, 5.74) is 7.81. The van der Waals surface area contributed by atoms with E-state index < -0.39 is 30.4 Å². The highest BCUT2D eigenvalue weighted by Gasteiger charge is 2.25. The number of aromatic nitrogens is 4. The summed E-state index contributed by atoms with van der Waals surface area (Å²) in [6, 6.07) is 8.62. The van der Waals surface area contributed by atoms with Crippen LogP contribution in [0.2, 0.25) is 0 Å². The zero-order valence-electron chi connectivity index (χ0n) is 20.3. The van der Waals surface area contributed by atoms with Crippen molar-refractivity contribution < 1.29 is 27.4 Å². The summed E-state index contributed by atoms with van der Waals surface area (Å²) in [5, 5.41) is 8.32. The molecule has 4 N–H and O–H groups in total. The first-order valence-corrected chi connectivity index (χ1v) is 11.6.